The van der Waals surface area contributed by atoms with Gasteiger partial charge in [-0.1, -0.05) is 0 Å². The summed E-state index contributed by atoms with van der Waals surface area (Å²) in [4.78, 5) is 10.6. The van der Waals surface area contributed by atoms with Crippen LogP contribution in [0.15, 0.2) is 10.4 Å². The molecular weight excluding hydrogens is 380 g/mol. The summed E-state index contributed by atoms with van der Waals surface area (Å²) in [6.07, 6.45) is 0. The highest BCUT2D eigenvalue weighted by Gasteiger charge is 2.23. The van der Waals surface area contributed by atoms with Gasteiger partial charge in [-0.3, -0.25) is 4.99 Å². The van der Waals surface area contributed by atoms with Gasteiger partial charge in [0.05, 0.1) is 18.0 Å². The third-order valence-electron chi connectivity index (χ3n) is 3.60. The average Bonchev–Trinajstić information content (AvgIpc) is 3.08. The van der Waals surface area contributed by atoms with Crippen LogP contribution < -0.4 is 15.5 Å². The summed E-state index contributed by atoms with van der Waals surface area (Å²) in [5, 5.41) is 9.16. The second kappa shape index (κ2) is 9.60. The molecule has 0 bridgehead atoms. The Bertz CT molecular complexity index is 668. The van der Waals surface area contributed by atoms with E-state index < -0.39 is 10.0 Å². The molecule has 1 aromatic rings. The Hall–Kier alpha value is -1.04. The number of thioether (sulfide) groups is 1. The van der Waals surface area contributed by atoms with Crippen molar-refractivity contribution in [3.8, 4) is 0 Å². The van der Waals surface area contributed by atoms with E-state index in [0.29, 0.717) is 32.1 Å². The van der Waals surface area contributed by atoms with Gasteiger partial charge in [-0.15, -0.1) is 11.3 Å². The summed E-state index contributed by atoms with van der Waals surface area (Å²) in [5.74, 6) is 2.39. The molecule has 1 fully saturated rings. The van der Waals surface area contributed by atoms with Crippen LogP contribution in [0, 0.1) is 0 Å². The largest absolute Gasteiger partial charge is 0.355 e. The topological polar surface area (TPSA) is 89.9 Å². The Balaban J connectivity index is 1.76. The first-order valence-corrected chi connectivity index (χ1v) is 11.7. The lowest BCUT2D eigenvalue weighted by atomic mass is 10.5. The molecule has 1 aliphatic rings. The van der Waals surface area contributed by atoms with E-state index in [4.69, 9.17) is 0 Å². The van der Waals surface area contributed by atoms with Crippen LogP contribution in [0.3, 0.4) is 0 Å². The van der Waals surface area contributed by atoms with Crippen LogP contribution in [0.2, 0.25) is 0 Å². The van der Waals surface area contributed by atoms with Crippen molar-refractivity contribution in [3.05, 3.63) is 11.1 Å². The van der Waals surface area contributed by atoms with E-state index in [1.807, 2.05) is 24.4 Å². The first kappa shape index (κ1) is 20.3. The van der Waals surface area contributed by atoms with Crippen LogP contribution in [0.4, 0.5) is 5.13 Å². The molecule has 0 radical (unpaired) electrons. The average molecular weight is 407 g/mol. The van der Waals surface area contributed by atoms with Crippen molar-refractivity contribution in [1.82, 2.24) is 19.9 Å². The molecule has 1 saturated heterocycles. The minimum Gasteiger partial charge on any atom is -0.355 e. The van der Waals surface area contributed by atoms with Crippen molar-refractivity contribution in [3.63, 3.8) is 0 Å². The number of hydrogen-bond donors (Lipinski definition) is 2. The van der Waals surface area contributed by atoms with E-state index in [-0.39, 0.29) is 5.75 Å². The van der Waals surface area contributed by atoms with Gasteiger partial charge in [0.2, 0.25) is 10.0 Å². The fourth-order valence-electron chi connectivity index (χ4n) is 2.23. The number of nitrogens with zero attached hydrogens (tertiary/aromatic N) is 4. The predicted molar refractivity (Wildman–Crippen MR) is 107 cm³/mol. The molecule has 0 spiro atoms. The molecular formula is C14H26N6O2S3. The highest BCUT2D eigenvalue weighted by atomic mass is 32.2. The van der Waals surface area contributed by atoms with E-state index in [0.717, 1.165) is 22.3 Å². The van der Waals surface area contributed by atoms with E-state index in [1.165, 1.54) is 0 Å². The zero-order chi connectivity index (χ0) is 18.3. The molecule has 11 heteroatoms. The third-order valence-corrected chi connectivity index (χ3v) is 7.47. The Kier molecular flexibility index (Phi) is 7.79. The van der Waals surface area contributed by atoms with Gasteiger partial charge in [-0.05, 0) is 0 Å². The lowest BCUT2D eigenvalue weighted by molar-refractivity contribution is 0.443. The molecule has 1 aromatic heterocycles. The molecule has 2 heterocycles. The molecule has 0 saturated carbocycles. The molecule has 0 amide bonds. The number of sulfonamides is 1. The number of thiazole rings is 1. The minimum atomic E-state index is -3.20. The monoisotopic (exact) mass is 406 g/mol. The van der Waals surface area contributed by atoms with Gasteiger partial charge in [0.1, 0.15) is 0 Å². The van der Waals surface area contributed by atoms with Gasteiger partial charge < -0.3 is 15.5 Å². The second-order valence-corrected chi connectivity index (χ2v) is 9.85. The number of nitrogens with one attached hydrogen (secondary N) is 2. The molecule has 0 aromatic carbocycles. The number of aliphatic imine (C=N–C) groups is 1. The summed E-state index contributed by atoms with van der Waals surface area (Å²) in [6.45, 7) is 2.09. The van der Waals surface area contributed by atoms with Crippen molar-refractivity contribution < 1.29 is 8.42 Å². The fraction of sp³-hybridized carbons (Fsp3) is 0.714. The number of anilines is 1. The zero-order valence-corrected chi connectivity index (χ0v) is 17.3. The van der Waals surface area contributed by atoms with E-state index in [9.17, 15) is 8.42 Å². The van der Waals surface area contributed by atoms with Gasteiger partial charge >= 0.3 is 0 Å². The Morgan fingerprint density at radius 1 is 1.36 bits per heavy atom. The summed E-state index contributed by atoms with van der Waals surface area (Å²) in [7, 11) is 2.38. The summed E-state index contributed by atoms with van der Waals surface area (Å²) >= 11 is 3.38. The van der Waals surface area contributed by atoms with Gasteiger partial charge in [0.25, 0.3) is 0 Å². The Morgan fingerprint density at radius 3 is 2.68 bits per heavy atom. The van der Waals surface area contributed by atoms with E-state index in [2.05, 4.69) is 20.6 Å². The maximum atomic E-state index is 12.3. The normalized spacial score (nSPS) is 16.7. The smallest absolute Gasteiger partial charge is 0.215 e. The van der Waals surface area contributed by atoms with Gasteiger partial charge in [-0.2, -0.15) is 11.8 Å². The van der Waals surface area contributed by atoms with Crippen molar-refractivity contribution in [2.24, 2.45) is 4.99 Å². The highest BCUT2D eigenvalue weighted by molar-refractivity contribution is 7.99. The SMILES string of the molecule is CN=C(NCCS(=O)(=O)N1CCSCC1)NCc1csc(N(C)C)n1. The molecule has 2 N–H and O–H groups in total. The zero-order valence-electron chi connectivity index (χ0n) is 14.9. The highest BCUT2D eigenvalue weighted by Crippen LogP contribution is 2.17. The van der Waals surface area contributed by atoms with Crippen molar-refractivity contribution in [2.45, 2.75) is 6.54 Å². The van der Waals surface area contributed by atoms with Crippen molar-refractivity contribution >= 4 is 44.2 Å². The summed E-state index contributed by atoms with van der Waals surface area (Å²) in [5.41, 5.74) is 0.926. The van der Waals surface area contributed by atoms with Gasteiger partial charge in [0.15, 0.2) is 11.1 Å². The van der Waals surface area contributed by atoms with Crippen LogP contribution in [-0.4, -0.2) is 81.7 Å². The van der Waals surface area contributed by atoms with Crippen LogP contribution in [0.1, 0.15) is 5.69 Å². The first-order valence-electron chi connectivity index (χ1n) is 8.04. The number of aromatic nitrogens is 1. The van der Waals surface area contributed by atoms with Crippen molar-refractivity contribution in [1.29, 1.82) is 0 Å². The third kappa shape index (κ3) is 6.32. The summed E-state index contributed by atoms with van der Waals surface area (Å²) in [6, 6.07) is 0. The fourth-order valence-corrected chi connectivity index (χ4v) is 5.48. The Labute approximate surface area is 158 Å². The second-order valence-electron chi connectivity index (χ2n) is 5.70. The molecule has 8 nitrogen and oxygen atoms in total. The molecule has 2 rings (SSSR count). The maximum Gasteiger partial charge on any atom is 0.215 e. The molecule has 0 aliphatic carbocycles. The lowest BCUT2D eigenvalue weighted by Gasteiger charge is -2.25. The van der Waals surface area contributed by atoms with Crippen LogP contribution in [0.25, 0.3) is 0 Å². The molecule has 25 heavy (non-hydrogen) atoms. The quantitative estimate of drug-likeness (QED) is 0.496. The minimum absolute atomic E-state index is 0.0693. The summed E-state index contributed by atoms with van der Waals surface area (Å²) < 4.78 is 26.2. The molecule has 142 valence electrons. The number of rotatable bonds is 7. The standard InChI is InChI=1S/C14H26N6O2S3/c1-15-13(17-10-12-11-24-14(18-12)19(2)3)16-4-9-25(21,22)20-5-7-23-8-6-20/h11H,4-10H2,1-3H3,(H2,15,16,17). The van der Waals surface area contributed by atoms with E-state index in [1.54, 1.807) is 34.5 Å². The predicted octanol–water partition coefficient (Wildman–Crippen LogP) is 0.253. The van der Waals surface area contributed by atoms with Crippen molar-refractivity contribution in [2.75, 3.05) is 62.9 Å². The van der Waals surface area contributed by atoms with Crippen LogP contribution >= 0.6 is 23.1 Å². The lowest BCUT2D eigenvalue weighted by Crippen LogP contribution is -2.44. The van der Waals surface area contributed by atoms with E-state index >= 15 is 0 Å². The van der Waals surface area contributed by atoms with Gasteiger partial charge in [-0.25, -0.2) is 17.7 Å². The Morgan fingerprint density at radius 2 is 2.08 bits per heavy atom. The maximum absolute atomic E-state index is 12.3. The van der Waals surface area contributed by atoms with Crippen LogP contribution in [-0.2, 0) is 16.6 Å². The molecule has 0 unspecified atom stereocenters. The molecule has 1 aliphatic heterocycles. The van der Waals surface area contributed by atoms with Gasteiger partial charge in [0, 0.05) is 57.7 Å². The first-order chi connectivity index (χ1) is 11.9. The number of guanidine groups is 1. The van der Waals surface area contributed by atoms with Crippen LogP contribution in [0.5, 0.6) is 0 Å². The number of hydrogen-bond acceptors (Lipinski definition) is 7. The molecule has 0 atom stereocenters.